The van der Waals surface area contributed by atoms with Gasteiger partial charge in [-0.25, -0.2) is 13.1 Å². The molecule has 2 rings (SSSR count). The molecule has 0 bridgehead atoms. The van der Waals surface area contributed by atoms with Crippen molar-refractivity contribution in [1.29, 1.82) is 5.26 Å². The van der Waals surface area contributed by atoms with Gasteiger partial charge in [-0.05, 0) is 43.9 Å². The zero-order valence-electron chi connectivity index (χ0n) is 12.2. The predicted molar refractivity (Wildman–Crippen MR) is 81.9 cm³/mol. The minimum absolute atomic E-state index is 0.00172. The van der Waals surface area contributed by atoms with E-state index < -0.39 is 10.0 Å². The molecule has 1 saturated carbocycles. The number of anilines is 1. The van der Waals surface area contributed by atoms with E-state index >= 15 is 0 Å². The van der Waals surface area contributed by atoms with Gasteiger partial charge in [0.25, 0.3) is 0 Å². The maximum Gasteiger partial charge on any atom is 0.242 e. The van der Waals surface area contributed by atoms with Gasteiger partial charge in [0, 0.05) is 11.7 Å². The Morgan fingerprint density at radius 3 is 2.62 bits per heavy atom. The van der Waals surface area contributed by atoms with E-state index in [1.54, 1.807) is 0 Å². The van der Waals surface area contributed by atoms with Crippen molar-refractivity contribution in [2.45, 2.75) is 50.0 Å². The van der Waals surface area contributed by atoms with Gasteiger partial charge in [0.1, 0.15) is 6.07 Å². The Balaban J connectivity index is 2.20. The van der Waals surface area contributed by atoms with Crippen molar-refractivity contribution < 1.29 is 8.42 Å². The summed E-state index contributed by atoms with van der Waals surface area (Å²) in [5.41, 5.74) is 6.06. The fourth-order valence-corrected chi connectivity index (χ4v) is 4.36. The van der Waals surface area contributed by atoms with Crippen molar-refractivity contribution in [2.24, 2.45) is 5.92 Å². The highest BCUT2D eigenvalue weighted by Crippen LogP contribution is 2.27. The summed E-state index contributed by atoms with van der Waals surface area (Å²) in [7, 11) is -3.70. The van der Waals surface area contributed by atoms with Gasteiger partial charge in [-0.15, -0.1) is 0 Å². The van der Waals surface area contributed by atoms with E-state index in [0.717, 1.165) is 25.7 Å². The maximum atomic E-state index is 12.5. The smallest absolute Gasteiger partial charge is 0.242 e. The summed E-state index contributed by atoms with van der Waals surface area (Å²) >= 11 is 0. The van der Waals surface area contributed by atoms with Crippen LogP contribution in [-0.2, 0) is 10.0 Å². The van der Waals surface area contributed by atoms with Crippen molar-refractivity contribution in [1.82, 2.24) is 4.72 Å². The first-order valence-electron chi connectivity index (χ1n) is 7.26. The molecule has 0 amide bonds. The molecule has 1 aromatic rings. The molecular weight excluding hydrogens is 286 g/mol. The highest BCUT2D eigenvalue weighted by molar-refractivity contribution is 7.89. The van der Waals surface area contributed by atoms with Crippen LogP contribution in [0.4, 0.5) is 5.69 Å². The highest BCUT2D eigenvalue weighted by atomic mass is 32.2. The van der Waals surface area contributed by atoms with E-state index in [4.69, 9.17) is 11.0 Å². The number of rotatable bonds is 4. The minimum Gasteiger partial charge on any atom is -0.399 e. The van der Waals surface area contributed by atoms with E-state index in [1.807, 2.05) is 13.0 Å². The van der Waals surface area contributed by atoms with E-state index in [0.29, 0.717) is 11.6 Å². The number of hydrogen-bond donors (Lipinski definition) is 2. The summed E-state index contributed by atoms with van der Waals surface area (Å²) in [5, 5.41) is 9.09. The fraction of sp³-hybridized carbons (Fsp3) is 0.533. The first-order chi connectivity index (χ1) is 9.94. The van der Waals surface area contributed by atoms with Crippen LogP contribution in [0.2, 0.25) is 0 Å². The molecule has 0 aliphatic heterocycles. The molecule has 1 aromatic carbocycles. The zero-order valence-corrected chi connectivity index (χ0v) is 13.0. The third kappa shape index (κ3) is 3.74. The van der Waals surface area contributed by atoms with Crippen LogP contribution >= 0.6 is 0 Å². The van der Waals surface area contributed by atoms with Crippen LogP contribution in [0, 0.1) is 17.2 Å². The standard InChI is InChI=1S/C15H21N3O2S/c1-11(12-5-3-2-4-6-12)18-21(19,20)15-8-7-14(17)9-13(15)10-16/h7-9,11-12,18H,2-6,17H2,1H3. The molecular formula is C15H21N3O2S. The highest BCUT2D eigenvalue weighted by Gasteiger charge is 2.26. The number of nitrogens with zero attached hydrogens (tertiary/aromatic N) is 1. The molecule has 114 valence electrons. The topological polar surface area (TPSA) is 96.0 Å². The Bertz CT molecular complexity index is 643. The van der Waals surface area contributed by atoms with Crippen molar-refractivity contribution in [2.75, 3.05) is 5.73 Å². The second-order valence-electron chi connectivity index (χ2n) is 5.68. The summed E-state index contributed by atoms with van der Waals surface area (Å²) < 4.78 is 27.7. The second kappa shape index (κ2) is 6.46. The van der Waals surface area contributed by atoms with Crippen LogP contribution in [0.15, 0.2) is 23.1 Å². The molecule has 5 nitrogen and oxygen atoms in total. The number of nitrogen functional groups attached to an aromatic ring is 1. The van der Waals surface area contributed by atoms with Gasteiger partial charge in [0.05, 0.1) is 10.5 Å². The van der Waals surface area contributed by atoms with Crippen LogP contribution in [0.1, 0.15) is 44.6 Å². The molecule has 6 heteroatoms. The Morgan fingerprint density at radius 2 is 2.00 bits per heavy atom. The second-order valence-corrected chi connectivity index (χ2v) is 7.36. The summed E-state index contributed by atoms with van der Waals surface area (Å²) in [4.78, 5) is 0.00172. The number of sulfonamides is 1. The number of nitriles is 1. The quantitative estimate of drug-likeness (QED) is 0.835. The first kappa shape index (κ1) is 15.8. The van der Waals surface area contributed by atoms with Crippen molar-refractivity contribution in [3.05, 3.63) is 23.8 Å². The SMILES string of the molecule is CC(NS(=O)(=O)c1ccc(N)cc1C#N)C1CCCCC1. The zero-order chi connectivity index (χ0) is 15.5. The van der Waals surface area contributed by atoms with Crippen LogP contribution in [0.25, 0.3) is 0 Å². The number of nitrogens with one attached hydrogen (secondary N) is 1. The van der Waals surface area contributed by atoms with Crippen LogP contribution in [-0.4, -0.2) is 14.5 Å². The average molecular weight is 307 g/mol. The summed E-state index contributed by atoms with van der Waals surface area (Å²) in [6, 6.07) is 6.05. The van der Waals surface area contributed by atoms with Crippen LogP contribution in [0.5, 0.6) is 0 Å². The molecule has 0 aromatic heterocycles. The van der Waals surface area contributed by atoms with E-state index in [2.05, 4.69) is 4.72 Å². The average Bonchev–Trinajstić information content (AvgIpc) is 2.47. The number of nitrogens with two attached hydrogens (primary N) is 1. The monoisotopic (exact) mass is 307 g/mol. The van der Waals surface area contributed by atoms with Crippen molar-refractivity contribution in [3.8, 4) is 6.07 Å². The van der Waals surface area contributed by atoms with Gasteiger partial charge in [-0.3, -0.25) is 0 Å². The first-order valence-corrected chi connectivity index (χ1v) is 8.74. The normalized spacial score (nSPS) is 18.1. The lowest BCUT2D eigenvalue weighted by atomic mass is 9.85. The van der Waals surface area contributed by atoms with Crippen molar-refractivity contribution >= 4 is 15.7 Å². The summed E-state index contributed by atoms with van der Waals surface area (Å²) in [5.74, 6) is 0.368. The molecule has 1 fully saturated rings. The molecule has 1 atom stereocenters. The fourth-order valence-electron chi connectivity index (χ4n) is 2.91. The van der Waals surface area contributed by atoms with E-state index in [1.165, 1.54) is 24.6 Å². The molecule has 3 N–H and O–H groups in total. The van der Waals surface area contributed by atoms with Gasteiger partial charge in [0.2, 0.25) is 10.0 Å². The molecule has 0 spiro atoms. The number of hydrogen-bond acceptors (Lipinski definition) is 4. The molecule has 0 heterocycles. The van der Waals surface area contributed by atoms with Crippen LogP contribution in [0.3, 0.4) is 0 Å². The van der Waals surface area contributed by atoms with Gasteiger partial charge in [-0.1, -0.05) is 19.3 Å². The largest absolute Gasteiger partial charge is 0.399 e. The molecule has 1 unspecified atom stereocenters. The van der Waals surface area contributed by atoms with Gasteiger partial charge in [0.15, 0.2) is 0 Å². The lowest BCUT2D eigenvalue weighted by Crippen LogP contribution is -2.39. The molecule has 0 saturated heterocycles. The molecule has 1 aliphatic rings. The third-order valence-electron chi connectivity index (χ3n) is 4.11. The molecule has 21 heavy (non-hydrogen) atoms. The Kier molecular flexibility index (Phi) is 4.86. The maximum absolute atomic E-state index is 12.5. The predicted octanol–water partition coefficient (Wildman–Crippen LogP) is 2.39. The molecule has 0 radical (unpaired) electrons. The van der Waals surface area contributed by atoms with Crippen LogP contribution < -0.4 is 10.5 Å². The van der Waals surface area contributed by atoms with Crippen molar-refractivity contribution in [3.63, 3.8) is 0 Å². The Hall–Kier alpha value is -1.58. The Labute approximate surface area is 126 Å². The Morgan fingerprint density at radius 1 is 1.33 bits per heavy atom. The minimum atomic E-state index is -3.70. The summed E-state index contributed by atoms with van der Waals surface area (Å²) in [6.45, 7) is 1.90. The number of benzene rings is 1. The van der Waals surface area contributed by atoms with E-state index in [9.17, 15) is 8.42 Å². The van der Waals surface area contributed by atoms with Gasteiger partial charge >= 0.3 is 0 Å². The molecule has 1 aliphatic carbocycles. The lowest BCUT2D eigenvalue weighted by Gasteiger charge is -2.28. The van der Waals surface area contributed by atoms with Gasteiger partial charge in [-0.2, -0.15) is 5.26 Å². The lowest BCUT2D eigenvalue weighted by molar-refractivity contribution is 0.303. The van der Waals surface area contributed by atoms with E-state index in [-0.39, 0.29) is 16.5 Å². The summed E-state index contributed by atoms with van der Waals surface area (Å²) in [6.07, 6.45) is 5.64. The van der Waals surface area contributed by atoms with Gasteiger partial charge < -0.3 is 5.73 Å². The third-order valence-corrected chi connectivity index (χ3v) is 5.73.